The second-order valence-corrected chi connectivity index (χ2v) is 3.82. The fraction of sp³-hybridized carbons (Fsp3) is 0.308. The predicted molar refractivity (Wildman–Crippen MR) is 63.0 cm³/mol. The first-order valence-electron chi connectivity index (χ1n) is 5.52. The van der Waals surface area contributed by atoms with Crippen LogP contribution in [0.2, 0.25) is 0 Å². The van der Waals surface area contributed by atoms with E-state index in [4.69, 9.17) is 10.2 Å². The van der Waals surface area contributed by atoms with E-state index in [1.807, 2.05) is 24.3 Å². The van der Waals surface area contributed by atoms with Crippen molar-refractivity contribution in [1.82, 2.24) is 4.98 Å². The molecule has 0 spiro atoms. The highest BCUT2D eigenvalue weighted by molar-refractivity contribution is 5.16. The Morgan fingerprint density at radius 3 is 2.62 bits per heavy atom. The molecule has 3 heteroatoms. The third-order valence-electron chi connectivity index (χ3n) is 2.60. The van der Waals surface area contributed by atoms with Crippen molar-refractivity contribution < 1.29 is 4.42 Å². The van der Waals surface area contributed by atoms with Gasteiger partial charge in [0.25, 0.3) is 0 Å². The zero-order chi connectivity index (χ0) is 11.4. The molecule has 0 fully saturated rings. The molecule has 0 bridgehead atoms. The van der Waals surface area contributed by atoms with Gasteiger partial charge in [0.05, 0.1) is 6.04 Å². The first-order valence-corrected chi connectivity index (χ1v) is 5.52. The first-order chi connectivity index (χ1) is 7.79. The predicted octanol–water partition coefficient (Wildman–Crippen LogP) is 2.48. The Morgan fingerprint density at radius 2 is 2.00 bits per heavy atom. The van der Waals surface area contributed by atoms with Gasteiger partial charge in [-0.3, -0.25) is 4.98 Å². The van der Waals surface area contributed by atoms with Gasteiger partial charge in [-0.25, -0.2) is 0 Å². The van der Waals surface area contributed by atoms with Gasteiger partial charge in [-0.15, -0.1) is 0 Å². The highest BCUT2D eigenvalue weighted by Crippen LogP contribution is 2.18. The Hall–Kier alpha value is -1.61. The topological polar surface area (TPSA) is 52.0 Å². The quantitative estimate of drug-likeness (QED) is 0.854. The van der Waals surface area contributed by atoms with Crippen LogP contribution in [0.3, 0.4) is 0 Å². The van der Waals surface area contributed by atoms with Crippen LogP contribution in [-0.2, 0) is 12.8 Å². The van der Waals surface area contributed by atoms with Crippen molar-refractivity contribution in [2.75, 3.05) is 0 Å². The molecule has 2 heterocycles. The van der Waals surface area contributed by atoms with E-state index in [1.54, 1.807) is 12.4 Å². The normalized spacial score (nSPS) is 12.6. The Labute approximate surface area is 95.3 Å². The summed E-state index contributed by atoms with van der Waals surface area (Å²) in [4.78, 5) is 3.98. The summed E-state index contributed by atoms with van der Waals surface area (Å²) >= 11 is 0. The zero-order valence-electron chi connectivity index (χ0n) is 9.39. The molecule has 0 amide bonds. The molecule has 0 saturated carbocycles. The van der Waals surface area contributed by atoms with Gasteiger partial charge in [0.1, 0.15) is 11.5 Å². The molecule has 16 heavy (non-hydrogen) atoms. The summed E-state index contributed by atoms with van der Waals surface area (Å²) < 4.78 is 5.63. The van der Waals surface area contributed by atoms with Crippen molar-refractivity contribution in [3.63, 3.8) is 0 Å². The highest BCUT2D eigenvalue weighted by Gasteiger charge is 2.11. The van der Waals surface area contributed by atoms with Crippen LogP contribution < -0.4 is 5.73 Å². The number of furan rings is 1. The maximum absolute atomic E-state index is 6.08. The lowest BCUT2D eigenvalue weighted by molar-refractivity contribution is 0.434. The van der Waals surface area contributed by atoms with Crippen molar-refractivity contribution in [3.05, 3.63) is 53.7 Å². The molecule has 2 aromatic heterocycles. The fourth-order valence-electron chi connectivity index (χ4n) is 1.66. The number of pyridine rings is 1. The molecule has 0 aliphatic rings. The van der Waals surface area contributed by atoms with Gasteiger partial charge < -0.3 is 10.2 Å². The van der Waals surface area contributed by atoms with Crippen molar-refractivity contribution in [3.8, 4) is 0 Å². The van der Waals surface area contributed by atoms with E-state index in [0.29, 0.717) is 0 Å². The lowest BCUT2D eigenvalue weighted by Gasteiger charge is -2.08. The van der Waals surface area contributed by atoms with Crippen LogP contribution in [0.1, 0.15) is 30.0 Å². The van der Waals surface area contributed by atoms with E-state index in [0.717, 1.165) is 24.4 Å². The van der Waals surface area contributed by atoms with Gasteiger partial charge in [-0.05, 0) is 36.2 Å². The van der Waals surface area contributed by atoms with Gasteiger partial charge in [0.2, 0.25) is 0 Å². The second kappa shape index (κ2) is 4.94. The SMILES string of the molecule is CCc1ccc(C(N)Cc2ccncc2)o1. The minimum Gasteiger partial charge on any atom is -0.464 e. The number of hydrogen-bond acceptors (Lipinski definition) is 3. The molecule has 0 aliphatic carbocycles. The largest absolute Gasteiger partial charge is 0.464 e. The van der Waals surface area contributed by atoms with Crippen molar-refractivity contribution in [1.29, 1.82) is 0 Å². The van der Waals surface area contributed by atoms with Crippen LogP contribution in [0.25, 0.3) is 0 Å². The number of hydrogen-bond donors (Lipinski definition) is 1. The van der Waals surface area contributed by atoms with Crippen LogP contribution >= 0.6 is 0 Å². The van der Waals surface area contributed by atoms with Crippen molar-refractivity contribution in [2.45, 2.75) is 25.8 Å². The van der Waals surface area contributed by atoms with E-state index >= 15 is 0 Å². The number of nitrogens with two attached hydrogens (primary N) is 1. The Bertz CT molecular complexity index is 436. The smallest absolute Gasteiger partial charge is 0.121 e. The van der Waals surface area contributed by atoms with Crippen LogP contribution in [0.15, 0.2) is 41.1 Å². The van der Waals surface area contributed by atoms with E-state index < -0.39 is 0 Å². The van der Waals surface area contributed by atoms with Gasteiger partial charge in [0, 0.05) is 18.8 Å². The van der Waals surface area contributed by atoms with Crippen LogP contribution in [0.4, 0.5) is 0 Å². The molecule has 84 valence electrons. The molecule has 0 aliphatic heterocycles. The molecular weight excluding hydrogens is 200 g/mol. The van der Waals surface area contributed by atoms with E-state index in [-0.39, 0.29) is 6.04 Å². The Balaban J connectivity index is 2.05. The maximum atomic E-state index is 6.08. The molecule has 1 atom stereocenters. The third-order valence-corrected chi connectivity index (χ3v) is 2.60. The third kappa shape index (κ3) is 2.49. The fourth-order valence-corrected chi connectivity index (χ4v) is 1.66. The molecule has 0 saturated heterocycles. The summed E-state index contributed by atoms with van der Waals surface area (Å²) in [6, 6.07) is 7.82. The number of rotatable bonds is 4. The van der Waals surface area contributed by atoms with Crippen LogP contribution in [0.5, 0.6) is 0 Å². The lowest BCUT2D eigenvalue weighted by Crippen LogP contribution is -2.12. The Kier molecular flexibility index (Phi) is 3.37. The summed E-state index contributed by atoms with van der Waals surface area (Å²) in [6.07, 6.45) is 5.24. The monoisotopic (exact) mass is 216 g/mol. The number of nitrogens with zero attached hydrogens (tertiary/aromatic N) is 1. The maximum Gasteiger partial charge on any atom is 0.121 e. The van der Waals surface area contributed by atoms with Gasteiger partial charge in [-0.2, -0.15) is 0 Å². The summed E-state index contributed by atoms with van der Waals surface area (Å²) in [5, 5.41) is 0. The second-order valence-electron chi connectivity index (χ2n) is 3.82. The van der Waals surface area contributed by atoms with E-state index in [2.05, 4.69) is 11.9 Å². The Morgan fingerprint density at radius 1 is 1.25 bits per heavy atom. The molecule has 2 N–H and O–H groups in total. The number of aromatic nitrogens is 1. The van der Waals surface area contributed by atoms with E-state index in [1.165, 1.54) is 5.56 Å². The van der Waals surface area contributed by atoms with Crippen LogP contribution in [-0.4, -0.2) is 4.98 Å². The van der Waals surface area contributed by atoms with E-state index in [9.17, 15) is 0 Å². The van der Waals surface area contributed by atoms with Crippen LogP contribution in [0, 0.1) is 0 Å². The summed E-state index contributed by atoms with van der Waals surface area (Å²) in [5.41, 5.74) is 7.26. The van der Waals surface area contributed by atoms with Gasteiger partial charge in [0.15, 0.2) is 0 Å². The van der Waals surface area contributed by atoms with Gasteiger partial charge in [-0.1, -0.05) is 6.92 Å². The molecular formula is C13H16N2O. The van der Waals surface area contributed by atoms with Gasteiger partial charge >= 0.3 is 0 Å². The molecule has 3 nitrogen and oxygen atoms in total. The minimum atomic E-state index is -0.0808. The lowest BCUT2D eigenvalue weighted by atomic mass is 10.1. The summed E-state index contributed by atoms with van der Waals surface area (Å²) in [7, 11) is 0. The summed E-state index contributed by atoms with van der Waals surface area (Å²) in [5.74, 6) is 1.84. The number of aryl methyl sites for hydroxylation is 1. The van der Waals surface area contributed by atoms with Crippen molar-refractivity contribution in [2.24, 2.45) is 5.73 Å². The standard InChI is InChI=1S/C13H16N2O/c1-2-11-3-4-13(16-11)12(14)9-10-5-7-15-8-6-10/h3-8,12H,2,9,14H2,1H3. The van der Waals surface area contributed by atoms with Crippen molar-refractivity contribution >= 4 is 0 Å². The molecule has 2 rings (SSSR count). The average Bonchev–Trinajstić information content (AvgIpc) is 2.79. The minimum absolute atomic E-state index is 0.0808. The average molecular weight is 216 g/mol. The molecule has 1 unspecified atom stereocenters. The first kappa shape index (κ1) is 10.9. The molecule has 2 aromatic rings. The molecule has 0 radical (unpaired) electrons. The molecule has 0 aromatic carbocycles. The zero-order valence-corrected chi connectivity index (χ0v) is 9.39. The highest BCUT2D eigenvalue weighted by atomic mass is 16.3. The summed E-state index contributed by atoms with van der Waals surface area (Å²) in [6.45, 7) is 2.07.